The number of fused-ring (bicyclic) bond motifs is 2. The largest absolute Gasteiger partial charge is 0.302 e. The highest BCUT2D eigenvalue weighted by Gasteiger charge is 2.22. The minimum absolute atomic E-state index is 0. The number of hydrogen-bond donors (Lipinski definition) is 1. The average molecular weight is 395 g/mol. The van der Waals surface area contributed by atoms with Crippen LogP contribution in [0.15, 0.2) is 52.7 Å². The lowest BCUT2D eigenvalue weighted by Crippen LogP contribution is -2.28. The van der Waals surface area contributed by atoms with E-state index in [-0.39, 0.29) is 12.4 Å². The fourth-order valence-corrected chi connectivity index (χ4v) is 5.77. The highest BCUT2D eigenvalue weighted by molar-refractivity contribution is 7.93. The number of anilines is 1. The Bertz CT molecular complexity index is 1010. The molecule has 7 heteroatoms. The summed E-state index contributed by atoms with van der Waals surface area (Å²) in [6, 6.07) is 13.4. The van der Waals surface area contributed by atoms with E-state index in [0.29, 0.717) is 10.6 Å². The van der Waals surface area contributed by atoms with Gasteiger partial charge in [0.05, 0.1) is 5.69 Å². The smallest absolute Gasteiger partial charge is 0.263 e. The molecule has 0 fully saturated rings. The molecule has 25 heavy (non-hydrogen) atoms. The van der Waals surface area contributed by atoms with Gasteiger partial charge in [0, 0.05) is 28.6 Å². The molecule has 132 valence electrons. The first kappa shape index (κ1) is 18.2. The SMILES string of the molecule is CN1CCc2cccc(NS(=O)(=O)c3csc4ccccc34)c2C1.Cl. The number of likely N-dealkylation sites (N-methyl/N-ethyl adjacent to an activating group) is 1. The molecular weight excluding hydrogens is 376 g/mol. The molecule has 0 saturated heterocycles. The van der Waals surface area contributed by atoms with E-state index in [1.165, 1.54) is 16.9 Å². The van der Waals surface area contributed by atoms with Gasteiger partial charge in [0.15, 0.2) is 0 Å². The van der Waals surface area contributed by atoms with Crippen molar-refractivity contribution in [1.82, 2.24) is 4.90 Å². The fraction of sp³-hybridized carbons (Fsp3) is 0.222. The third-order valence-electron chi connectivity index (χ3n) is 4.44. The first-order valence-electron chi connectivity index (χ1n) is 7.83. The summed E-state index contributed by atoms with van der Waals surface area (Å²) in [6.45, 7) is 1.76. The number of nitrogens with zero attached hydrogens (tertiary/aromatic N) is 1. The Kier molecular flexibility index (Phi) is 5.06. The fourth-order valence-electron chi connectivity index (χ4n) is 3.17. The maximum absolute atomic E-state index is 12.9. The molecule has 4 rings (SSSR count). The second-order valence-corrected chi connectivity index (χ2v) is 8.69. The van der Waals surface area contributed by atoms with Crippen molar-refractivity contribution >= 4 is 49.5 Å². The number of rotatable bonds is 3. The topological polar surface area (TPSA) is 49.4 Å². The second-order valence-electron chi connectivity index (χ2n) is 6.13. The summed E-state index contributed by atoms with van der Waals surface area (Å²) >= 11 is 1.45. The van der Waals surface area contributed by atoms with Crippen LogP contribution in [0.4, 0.5) is 5.69 Å². The quantitative estimate of drug-likeness (QED) is 0.727. The van der Waals surface area contributed by atoms with Crippen molar-refractivity contribution in [2.45, 2.75) is 17.9 Å². The van der Waals surface area contributed by atoms with Crippen LogP contribution in [0.3, 0.4) is 0 Å². The van der Waals surface area contributed by atoms with Gasteiger partial charge >= 0.3 is 0 Å². The number of sulfonamides is 1. The summed E-state index contributed by atoms with van der Waals surface area (Å²) < 4.78 is 29.6. The molecule has 0 bridgehead atoms. The van der Waals surface area contributed by atoms with Gasteiger partial charge in [0.1, 0.15) is 4.90 Å². The third-order valence-corrected chi connectivity index (χ3v) is 6.96. The molecule has 1 N–H and O–H groups in total. The summed E-state index contributed by atoms with van der Waals surface area (Å²) in [5.41, 5.74) is 2.99. The van der Waals surface area contributed by atoms with Crippen molar-refractivity contribution in [3.05, 3.63) is 59.0 Å². The predicted octanol–water partition coefficient (Wildman–Crippen LogP) is 4.11. The van der Waals surface area contributed by atoms with E-state index in [1.807, 2.05) is 36.4 Å². The van der Waals surface area contributed by atoms with E-state index < -0.39 is 10.0 Å². The van der Waals surface area contributed by atoms with Crippen molar-refractivity contribution in [3.8, 4) is 0 Å². The lowest BCUT2D eigenvalue weighted by molar-refractivity contribution is 0.313. The van der Waals surface area contributed by atoms with E-state index >= 15 is 0 Å². The first-order valence-corrected chi connectivity index (χ1v) is 10.2. The second kappa shape index (κ2) is 6.96. The Morgan fingerprint density at radius 3 is 2.76 bits per heavy atom. The summed E-state index contributed by atoms with van der Waals surface area (Å²) in [4.78, 5) is 2.56. The molecule has 2 heterocycles. The van der Waals surface area contributed by atoms with Gasteiger partial charge in [-0.05, 0) is 36.7 Å². The van der Waals surface area contributed by atoms with Crippen LogP contribution >= 0.6 is 23.7 Å². The zero-order valence-corrected chi connectivity index (χ0v) is 16.2. The molecule has 0 radical (unpaired) electrons. The standard InChI is InChI=1S/C18H18N2O2S2.ClH/c1-20-10-9-13-5-4-7-16(15(13)11-20)19-24(21,22)18-12-23-17-8-3-2-6-14(17)18;/h2-8,12,19H,9-11H2,1H3;1H. The molecule has 3 aromatic rings. The van der Waals surface area contributed by atoms with Crippen molar-refractivity contribution in [2.75, 3.05) is 18.3 Å². The molecule has 0 saturated carbocycles. The Morgan fingerprint density at radius 2 is 1.92 bits per heavy atom. The number of hydrogen-bond acceptors (Lipinski definition) is 4. The number of halogens is 1. The van der Waals surface area contributed by atoms with Crippen LogP contribution in [0.25, 0.3) is 10.1 Å². The third kappa shape index (κ3) is 3.40. The molecule has 0 atom stereocenters. The molecular formula is C18H19ClN2O2S2. The van der Waals surface area contributed by atoms with Crippen molar-refractivity contribution in [3.63, 3.8) is 0 Å². The number of nitrogens with one attached hydrogen (secondary N) is 1. The van der Waals surface area contributed by atoms with Gasteiger partial charge in [-0.15, -0.1) is 23.7 Å². The van der Waals surface area contributed by atoms with Gasteiger partial charge in [-0.25, -0.2) is 8.42 Å². The van der Waals surface area contributed by atoms with E-state index in [0.717, 1.165) is 35.2 Å². The lowest BCUT2D eigenvalue weighted by atomic mass is 9.99. The lowest BCUT2D eigenvalue weighted by Gasteiger charge is -2.27. The molecule has 2 aromatic carbocycles. The minimum Gasteiger partial charge on any atom is -0.302 e. The molecule has 1 aliphatic heterocycles. The van der Waals surface area contributed by atoms with Crippen molar-refractivity contribution in [1.29, 1.82) is 0 Å². The molecule has 4 nitrogen and oxygen atoms in total. The highest BCUT2D eigenvalue weighted by atomic mass is 35.5. The van der Waals surface area contributed by atoms with Crippen LogP contribution in [0.1, 0.15) is 11.1 Å². The van der Waals surface area contributed by atoms with E-state index in [1.54, 1.807) is 5.38 Å². The first-order chi connectivity index (χ1) is 11.5. The van der Waals surface area contributed by atoms with Gasteiger partial charge in [-0.3, -0.25) is 4.72 Å². The van der Waals surface area contributed by atoms with Crippen LogP contribution in [0.5, 0.6) is 0 Å². The minimum atomic E-state index is -3.61. The predicted molar refractivity (Wildman–Crippen MR) is 106 cm³/mol. The van der Waals surface area contributed by atoms with Gasteiger partial charge < -0.3 is 4.90 Å². The van der Waals surface area contributed by atoms with Gasteiger partial charge in [-0.1, -0.05) is 30.3 Å². The zero-order chi connectivity index (χ0) is 16.7. The molecule has 1 aliphatic rings. The molecule has 0 aliphatic carbocycles. The number of thiophene rings is 1. The molecule has 0 spiro atoms. The van der Waals surface area contributed by atoms with Crippen LogP contribution in [-0.4, -0.2) is 26.9 Å². The average Bonchev–Trinajstić information content (AvgIpc) is 3.00. The summed E-state index contributed by atoms with van der Waals surface area (Å²) in [5, 5.41) is 2.49. The van der Waals surface area contributed by atoms with Gasteiger partial charge in [0.2, 0.25) is 0 Å². The molecule has 0 unspecified atom stereocenters. The van der Waals surface area contributed by atoms with Gasteiger partial charge in [0.25, 0.3) is 10.0 Å². The Hall–Kier alpha value is -1.60. The summed E-state index contributed by atoms with van der Waals surface area (Å²) in [6.07, 6.45) is 0.947. The van der Waals surface area contributed by atoms with Crippen molar-refractivity contribution in [2.24, 2.45) is 0 Å². The molecule has 1 aromatic heterocycles. The number of benzene rings is 2. The Morgan fingerprint density at radius 1 is 1.12 bits per heavy atom. The van der Waals surface area contributed by atoms with E-state index in [9.17, 15) is 8.42 Å². The summed E-state index contributed by atoms with van der Waals surface area (Å²) in [5.74, 6) is 0. The summed E-state index contributed by atoms with van der Waals surface area (Å²) in [7, 11) is -1.55. The van der Waals surface area contributed by atoms with E-state index in [2.05, 4.69) is 22.7 Å². The van der Waals surface area contributed by atoms with Crippen LogP contribution in [-0.2, 0) is 23.0 Å². The van der Waals surface area contributed by atoms with Gasteiger partial charge in [-0.2, -0.15) is 0 Å². The normalized spacial score (nSPS) is 14.8. The van der Waals surface area contributed by atoms with Crippen LogP contribution in [0.2, 0.25) is 0 Å². The van der Waals surface area contributed by atoms with Crippen molar-refractivity contribution < 1.29 is 8.42 Å². The highest BCUT2D eigenvalue weighted by Crippen LogP contribution is 2.32. The maximum Gasteiger partial charge on any atom is 0.263 e. The van der Waals surface area contributed by atoms with Crippen LogP contribution in [0, 0.1) is 0 Å². The van der Waals surface area contributed by atoms with Crippen LogP contribution < -0.4 is 4.72 Å². The Balaban J connectivity index is 0.00000182. The molecule has 0 amide bonds. The Labute approximate surface area is 157 Å². The van der Waals surface area contributed by atoms with E-state index in [4.69, 9.17) is 0 Å². The monoisotopic (exact) mass is 394 g/mol. The maximum atomic E-state index is 12.9. The zero-order valence-electron chi connectivity index (χ0n) is 13.7.